The highest BCUT2D eigenvalue weighted by Gasteiger charge is 2.27. The van der Waals surface area contributed by atoms with Gasteiger partial charge in [-0.05, 0) is 61.2 Å². The molecule has 0 saturated carbocycles. The Labute approximate surface area is 227 Å². The third-order valence-corrected chi connectivity index (χ3v) is 8.47. The molecule has 5 heteroatoms. The molecule has 186 valence electrons. The fourth-order valence-corrected chi connectivity index (χ4v) is 6.45. The quantitative estimate of drug-likeness (QED) is 0.246. The van der Waals surface area contributed by atoms with Crippen molar-refractivity contribution >= 4 is 40.5 Å². The lowest BCUT2D eigenvalue weighted by Gasteiger charge is -2.33. The SMILES string of the molecule is C1=CCC(C2=NC(c3ccc(N4c5ccccc5Sc5ccccc54)cc3)N=C(c3ccccc3)N2)CC1. The normalized spacial score (nSPS) is 20.1. The first-order valence-electron chi connectivity index (χ1n) is 13.2. The highest BCUT2D eigenvalue weighted by atomic mass is 32.2. The molecule has 0 radical (unpaired) electrons. The number of anilines is 3. The summed E-state index contributed by atoms with van der Waals surface area (Å²) < 4.78 is 0. The summed E-state index contributed by atoms with van der Waals surface area (Å²) >= 11 is 1.83. The molecule has 4 nitrogen and oxygen atoms in total. The van der Waals surface area contributed by atoms with Crippen molar-refractivity contribution in [3.8, 4) is 0 Å². The lowest BCUT2D eigenvalue weighted by atomic mass is 9.92. The monoisotopic (exact) mass is 512 g/mol. The third-order valence-electron chi connectivity index (χ3n) is 7.34. The van der Waals surface area contributed by atoms with Crippen LogP contribution in [0.2, 0.25) is 0 Å². The lowest BCUT2D eigenvalue weighted by molar-refractivity contribution is 0.591. The van der Waals surface area contributed by atoms with Crippen molar-refractivity contribution in [2.75, 3.05) is 4.90 Å². The van der Waals surface area contributed by atoms with Crippen molar-refractivity contribution in [3.63, 3.8) is 0 Å². The summed E-state index contributed by atoms with van der Waals surface area (Å²) in [4.78, 5) is 15.1. The standard InChI is InChI=1S/C33H28N4S/c1-3-11-23(12-4-1)31-34-32(24-13-5-2-6-14-24)36-33(35-31)25-19-21-26(22-20-25)37-27-15-7-9-17-29(27)38-30-18-10-8-16-28(30)37/h1-5,7-12,15-22,24,33H,6,13-14H2,(H,34,35,36). The van der Waals surface area contributed by atoms with E-state index < -0.39 is 0 Å². The zero-order valence-corrected chi connectivity index (χ0v) is 21.8. The van der Waals surface area contributed by atoms with Crippen LogP contribution in [0.4, 0.5) is 17.1 Å². The number of allylic oxidation sites excluding steroid dienone is 2. The van der Waals surface area contributed by atoms with Crippen molar-refractivity contribution < 1.29 is 0 Å². The summed E-state index contributed by atoms with van der Waals surface area (Å²) in [6.45, 7) is 0. The molecule has 0 fully saturated rings. The summed E-state index contributed by atoms with van der Waals surface area (Å²) in [6.07, 6.45) is 7.52. The van der Waals surface area contributed by atoms with Gasteiger partial charge >= 0.3 is 0 Å². The Morgan fingerprint density at radius 1 is 0.711 bits per heavy atom. The maximum absolute atomic E-state index is 5.13. The molecule has 38 heavy (non-hydrogen) atoms. The van der Waals surface area contributed by atoms with E-state index in [1.807, 2.05) is 17.8 Å². The molecule has 0 aromatic heterocycles. The summed E-state index contributed by atoms with van der Waals surface area (Å²) in [5.74, 6) is 2.35. The maximum atomic E-state index is 5.13. The van der Waals surface area contributed by atoms with E-state index in [1.165, 1.54) is 21.2 Å². The molecular formula is C33H28N4S. The van der Waals surface area contributed by atoms with E-state index in [9.17, 15) is 0 Å². The van der Waals surface area contributed by atoms with Crippen LogP contribution in [-0.2, 0) is 0 Å². The molecule has 0 saturated heterocycles. The molecule has 1 aliphatic carbocycles. The number of para-hydroxylation sites is 2. The second kappa shape index (κ2) is 9.99. The Balaban J connectivity index is 1.26. The van der Waals surface area contributed by atoms with Gasteiger partial charge in [0.25, 0.3) is 0 Å². The van der Waals surface area contributed by atoms with Crippen LogP contribution in [0.1, 0.15) is 36.6 Å². The van der Waals surface area contributed by atoms with Gasteiger partial charge in [0.2, 0.25) is 0 Å². The molecule has 0 bridgehead atoms. The van der Waals surface area contributed by atoms with E-state index in [0.29, 0.717) is 5.92 Å². The van der Waals surface area contributed by atoms with E-state index in [2.05, 4.69) is 119 Å². The molecule has 0 amide bonds. The Hall–Kier alpha value is -4.09. The number of fused-ring (bicyclic) bond motifs is 2. The highest BCUT2D eigenvalue weighted by molar-refractivity contribution is 7.99. The summed E-state index contributed by atoms with van der Waals surface area (Å²) in [5.41, 5.74) is 5.74. The second-order valence-corrected chi connectivity index (χ2v) is 10.9. The van der Waals surface area contributed by atoms with Crippen LogP contribution in [0.15, 0.2) is 135 Å². The Bertz CT molecular complexity index is 1510. The first-order chi connectivity index (χ1) is 18.8. The number of nitrogens with zero attached hydrogens (tertiary/aromatic N) is 3. The van der Waals surface area contributed by atoms with Crippen LogP contribution in [0.3, 0.4) is 0 Å². The minimum absolute atomic E-state index is 0.266. The van der Waals surface area contributed by atoms with Crippen LogP contribution < -0.4 is 10.2 Å². The van der Waals surface area contributed by atoms with E-state index in [-0.39, 0.29) is 6.17 Å². The van der Waals surface area contributed by atoms with Gasteiger partial charge in [0, 0.05) is 27.0 Å². The van der Waals surface area contributed by atoms with Crippen molar-refractivity contribution in [1.82, 2.24) is 5.32 Å². The average Bonchev–Trinajstić information content (AvgIpc) is 3.00. The predicted octanol–water partition coefficient (Wildman–Crippen LogP) is 8.42. The van der Waals surface area contributed by atoms with Gasteiger partial charge in [0.05, 0.1) is 11.4 Å². The van der Waals surface area contributed by atoms with Crippen LogP contribution in [-0.4, -0.2) is 11.7 Å². The van der Waals surface area contributed by atoms with Crippen molar-refractivity contribution in [2.24, 2.45) is 15.9 Å². The van der Waals surface area contributed by atoms with Gasteiger partial charge < -0.3 is 10.2 Å². The smallest absolute Gasteiger partial charge is 0.169 e. The van der Waals surface area contributed by atoms with Crippen LogP contribution in [0.25, 0.3) is 0 Å². The van der Waals surface area contributed by atoms with Gasteiger partial charge in [-0.3, -0.25) is 0 Å². The van der Waals surface area contributed by atoms with Gasteiger partial charge in [-0.25, -0.2) is 9.98 Å². The molecule has 2 heterocycles. The molecule has 4 aromatic carbocycles. The minimum atomic E-state index is -0.266. The molecule has 0 spiro atoms. The average molecular weight is 513 g/mol. The first kappa shape index (κ1) is 23.1. The van der Waals surface area contributed by atoms with Crippen molar-refractivity contribution in [2.45, 2.75) is 35.2 Å². The summed E-state index contributed by atoms with van der Waals surface area (Å²) in [5, 5.41) is 3.58. The molecule has 2 atom stereocenters. The first-order valence-corrected chi connectivity index (χ1v) is 14.0. The number of hydrogen-bond acceptors (Lipinski definition) is 5. The van der Waals surface area contributed by atoms with Gasteiger partial charge in [-0.2, -0.15) is 0 Å². The Morgan fingerprint density at radius 3 is 2.08 bits per heavy atom. The molecule has 4 aromatic rings. The topological polar surface area (TPSA) is 40.0 Å². The molecule has 7 rings (SSSR count). The summed E-state index contributed by atoms with van der Waals surface area (Å²) in [6, 6.07) is 36.4. The predicted molar refractivity (Wildman–Crippen MR) is 158 cm³/mol. The second-order valence-electron chi connectivity index (χ2n) is 9.80. The zero-order valence-electron chi connectivity index (χ0n) is 21.0. The fourth-order valence-electron chi connectivity index (χ4n) is 5.39. The maximum Gasteiger partial charge on any atom is 0.169 e. The Morgan fingerprint density at radius 2 is 1.39 bits per heavy atom. The third kappa shape index (κ3) is 4.33. The number of rotatable bonds is 4. The van der Waals surface area contributed by atoms with Crippen molar-refractivity contribution in [1.29, 1.82) is 0 Å². The molecular weight excluding hydrogens is 484 g/mol. The summed E-state index contributed by atoms with van der Waals surface area (Å²) in [7, 11) is 0. The van der Waals surface area contributed by atoms with Crippen LogP contribution in [0, 0.1) is 5.92 Å². The number of benzene rings is 4. The van der Waals surface area contributed by atoms with Gasteiger partial charge in [0.15, 0.2) is 6.17 Å². The molecule has 1 N–H and O–H groups in total. The highest BCUT2D eigenvalue weighted by Crippen LogP contribution is 2.51. The van der Waals surface area contributed by atoms with Gasteiger partial charge in [-0.15, -0.1) is 0 Å². The Kier molecular flexibility index (Phi) is 6.06. The fraction of sp³-hybridized carbons (Fsp3) is 0.152. The molecule has 2 unspecified atom stereocenters. The molecule has 3 aliphatic rings. The number of aliphatic imine (C=N–C) groups is 2. The largest absolute Gasteiger partial charge is 0.328 e. The van der Waals surface area contributed by atoms with Gasteiger partial charge in [-0.1, -0.05) is 90.6 Å². The van der Waals surface area contributed by atoms with Gasteiger partial charge in [0.1, 0.15) is 11.7 Å². The number of nitrogens with one attached hydrogen (secondary N) is 1. The van der Waals surface area contributed by atoms with Crippen LogP contribution >= 0.6 is 11.8 Å². The van der Waals surface area contributed by atoms with E-state index in [1.54, 1.807) is 0 Å². The van der Waals surface area contributed by atoms with Crippen LogP contribution in [0.5, 0.6) is 0 Å². The number of hydrogen-bond donors (Lipinski definition) is 1. The van der Waals surface area contributed by atoms with E-state index >= 15 is 0 Å². The van der Waals surface area contributed by atoms with Crippen molar-refractivity contribution in [3.05, 3.63) is 126 Å². The number of amidine groups is 2. The zero-order chi connectivity index (χ0) is 25.3. The lowest BCUT2D eigenvalue weighted by Crippen LogP contribution is -2.40. The van der Waals surface area contributed by atoms with E-state index in [4.69, 9.17) is 9.98 Å². The van der Waals surface area contributed by atoms with E-state index in [0.717, 1.165) is 47.7 Å². The molecule has 2 aliphatic heterocycles. The minimum Gasteiger partial charge on any atom is -0.328 e.